The summed E-state index contributed by atoms with van der Waals surface area (Å²) in [6.45, 7) is 2.88. The van der Waals surface area contributed by atoms with Crippen LogP contribution in [-0.4, -0.2) is 15.6 Å². The summed E-state index contributed by atoms with van der Waals surface area (Å²) in [5, 5.41) is 4.30. The number of Topliss-reactive ketones (excluding diaryl/α,β-unsaturated/α-hetero) is 1. The van der Waals surface area contributed by atoms with Crippen LogP contribution >= 0.6 is 0 Å². The van der Waals surface area contributed by atoms with Gasteiger partial charge in [0, 0.05) is 23.7 Å². The first-order chi connectivity index (χ1) is 15.5. The van der Waals surface area contributed by atoms with Gasteiger partial charge in [0.25, 0.3) is 0 Å². The van der Waals surface area contributed by atoms with E-state index in [0.717, 1.165) is 34.6 Å². The minimum atomic E-state index is -0.738. The molecule has 162 valence electrons. The summed E-state index contributed by atoms with van der Waals surface area (Å²) in [7, 11) is 0. The van der Waals surface area contributed by atoms with Gasteiger partial charge in [-0.2, -0.15) is 5.10 Å². The summed E-state index contributed by atoms with van der Waals surface area (Å²) < 4.78 is 35.4. The standard InChI is InChI=1S/C26H22F2N2O2/c1-18-7-2-3-9-20(18)17-32-26-12-5-4-8-19(26)16-30-14-13-24(29-30)25(31)15-21-22(27)10-6-11-23(21)28/h2-14H,15-17H2,1H3. The molecule has 0 amide bonds. The van der Waals surface area contributed by atoms with E-state index in [4.69, 9.17) is 4.74 Å². The monoisotopic (exact) mass is 432 g/mol. The SMILES string of the molecule is Cc1ccccc1COc1ccccc1Cn1ccc(C(=O)Cc2c(F)cccc2F)n1. The molecular weight excluding hydrogens is 410 g/mol. The van der Waals surface area contributed by atoms with Crippen LogP contribution in [0.25, 0.3) is 0 Å². The third kappa shape index (κ3) is 4.91. The van der Waals surface area contributed by atoms with E-state index in [1.54, 1.807) is 16.9 Å². The maximum atomic E-state index is 13.9. The molecule has 0 saturated heterocycles. The molecule has 4 aromatic rings. The molecule has 0 aliphatic heterocycles. The predicted molar refractivity (Wildman–Crippen MR) is 118 cm³/mol. The molecule has 0 unspecified atom stereocenters. The molecule has 0 aliphatic carbocycles. The van der Waals surface area contributed by atoms with Crippen LogP contribution in [0.15, 0.2) is 79.0 Å². The first-order valence-electron chi connectivity index (χ1n) is 10.3. The first kappa shape index (κ1) is 21.4. The summed E-state index contributed by atoms with van der Waals surface area (Å²) in [5.41, 5.74) is 3.08. The number of benzene rings is 3. The van der Waals surface area contributed by atoms with Gasteiger partial charge in [-0.1, -0.05) is 48.5 Å². The van der Waals surface area contributed by atoms with E-state index in [1.807, 2.05) is 55.5 Å². The second-order valence-corrected chi connectivity index (χ2v) is 7.52. The van der Waals surface area contributed by atoms with Crippen molar-refractivity contribution in [1.82, 2.24) is 9.78 Å². The number of carbonyl (C=O) groups excluding carboxylic acids is 1. The number of hydrogen-bond donors (Lipinski definition) is 0. The number of ketones is 1. The highest BCUT2D eigenvalue weighted by Gasteiger charge is 2.17. The lowest BCUT2D eigenvalue weighted by molar-refractivity contribution is 0.0985. The van der Waals surface area contributed by atoms with Crippen LogP contribution in [0.2, 0.25) is 0 Å². The Kier molecular flexibility index (Phi) is 6.40. The van der Waals surface area contributed by atoms with Crippen molar-refractivity contribution in [3.05, 3.63) is 119 Å². The van der Waals surface area contributed by atoms with E-state index < -0.39 is 17.4 Å². The van der Waals surface area contributed by atoms with Crippen molar-refractivity contribution in [3.8, 4) is 5.75 Å². The number of carbonyl (C=O) groups is 1. The van der Waals surface area contributed by atoms with Crippen molar-refractivity contribution in [1.29, 1.82) is 0 Å². The summed E-state index contributed by atoms with van der Waals surface area (Å²) in [4.78, 5) is 12.5. The fraction of sp³-hybridized carbons (Fsp3) is 0.154. The molecule has 32 heavy (non-hydrogen) atoms. The Labute approximate surface area is 185 Å². The molecule has 0 radical (unpaired) electrons. The Balaban J connectivity index is 1.46. The number of ether oxygens (including phenoxy) is 1. The minimum absolute atomic E-state index is 0.158. The van der Waals surface area contributed by atoms with Crippen molar-refractivity contribution in [2.45, 2.75) is 26.5 Å². The molecule has 1 aromatic heterocycles. The lowest BCUT2D eigenvalue weighted by Gasteiger charge is -2.13. The average Bonchev–Trinajstić information content (AvgIpc) is 3.25. The molecule has 0 N–H and O–H groups in total. The van der Waals surface area contributed by atoms with Crippen LogP contribution in [0.3, 0.4) is 0 Å². The number of para-hydroxylation sites is 1. The van der Waals surface area contributed by atoms with E-state index in [9.17, 15) is 13.6 Å². The average molecular weight is 432 g/mol. The zero-order valence-electron chi connectivity index (χ0n) is 17.6. The van der Waals surface area contributed by atoms with Gasteiger partial charge in [0.1, 0.15) is 29.7 Å². The Morgan fingerprint density at radius 3 is 2.34 bits per heavy atom. The van der Waals surface area contributed by atoms with Crippen LogP contribution in [0.5, 0.6) is 5.75 Å². The van der Waals surface area contributed by atoms with Crippen molar-refractivity contribution >= 4 is 5.78 Å². The summed E-state index contributed by atoms with van der Waals surface area (Å²) in [6.07, 6.45) is 1.29. The van der Waals surface area contributed by atoms with Crippen molar-refractivity contribution in [2.24, 2.45) is 0 Å². The molecule has 0 atom stereocenters. The molecule has 0 saturated carbocycles. The van der Waals surface area contributed by atoms with E-state index in [1.165, 1.54) is 6.07 Å². The highest BCUT2D eigenvalue weighted by Crippen LogP contribution is 2.21. The minimum Gasteiger partial charge on any atom is -0.489 e. The van der Waals surface area contributed by atoms with Gasteiger partial charge in [0.2, 0.25) is 0 Å². The number of aromatic nitrogens is 2. The fourth-order valence-corrected chi connectivity index (χ4v) is 3.43. The van der Waals surface area contributed by atoms with Crippen LogP contribution in [0.4, 0.5) is 8.78 Å². The molecule has 6 heteroatoms. The van der Waals surface area contributed by atoms with E-state index >= 15 is 0 Å². The topological polar surface area (TPSA) is 44.1 Å². The maximum absolute atomic E-state index is 13.9. The Hall–Kier alpha value is -3.80. The Bertz CT molecular complexity index is 1230. The lowest BCUT2D eigenvalue weighted by Crippen LogP contribution is -2.10. The number of nitrogens with zero attached hydrogens (tertiary/aromatic N) is 2. The number of hydrogen-bond acceptors (Lipinski definition) is 3. The third-order valence-corrected chi connectivity index (χ3v) is 5.27. The quantitative estimate of drug-likeness (QED) is 0.344. The predicted octanol–water partition coefficient (Wildman–Crippen LogP) is 5.52. The van der Waals surface area contributed by atoms with Crippen LogP contribution < -0.4 is 4.74 Å². The Morgan fingerprint density at radius 2 is 1.59 bits per heavy atom. The molecule has 3 aromatic carbocycles. The van der Waals surface area contributed by atoms with Crippen LogP contribution in [0.1, 0.15) is 32.7 Å². The zero-order valence-corrected chi connectivity index (χ0v) is 17.6. The number of halogens is 2. The highest BCUT2D eigenvalue weighted by atomic mass is 19.1. The molecule has 4 nitrogen and oxygen atoms in total. The first-order valence-corrected chi connectivity index (χ1v) is 10.3. The normalized spacial score (nSPS) is 10.8. The smallest absolute Gasteiger partial charge is 0.187 e. The molecule has 0 aliphatic rings. The number of aryl methyl sites for hydroxylation is 1. The van der Waals surface area contributed by atoms with E-state index in [-0.39, 0.29) is 17.7 Å². The molecule has 4 rings (SSSR count). The summed E-state index contributed by atoms with van der Waals surface area (Å²) in [6, 6.07) is 20.8. The third-order valence-electron chi connectivity index (χ3n) is 5.27. The van der Waals surface area contributed by atoms with Gasteiger partial charge >= 0.3 is 0 Å². The number of rotatable bonds is 8. The molecular formula is C26H22F2N2O2. The zero-order chi connectivity index (χ0) is 22.5. The van der Waals surface area contributed by atoms with Gasteiger partial charge < -0.3 is 4.74 Å². The Morgan fingerprint density at radius 1 is 0.906 bits per heavy atom. The van der Waals surface area contributed by atoms with E-state index in [2.05, 4.69) is 5.10 Å². The van der Waals surface area contributed by atoms with Gasteiger partial charge in [0.05, 0.1) is 6.54 Å². The van der Waals surface area contributed by atoms with Crippen molar-refractivity contribution in [2.75, 3.05) is 0 Å². The van der Waals surface area contributed by atoms with Crippen LogP contribution in [0, 0.1) is 18.6 Å². The maximum Gasteiger partial charge on any atom is 0.187 e. The van der Waals surface area contributed by atoms with Gasteiger partial charge in [-0.3, -0.25) is 9.48 Å². The van der Waals surface area contributed by atoms with E-state index in [0.29, 0.717) is 13.2 Å². The molecule has 0 fully saturated rings. The summed E-state index contributed by atoms with van der Waals surface area (Å²) in [5.74, 6) is -1.19. The molecule has 0 bridgehead atoms. The largest absolute Gasteiger partial charge is 0.489 e. The summed E-state index contributed by atoms with van der Waals surface area (Å²) >= 11 is 0. The molecule has 0 spiro atoms. The van der Waals surface area contributed by atoms with Gasteiger partial charge in [-0.15, -0.1) is 0 Å². The van der Waals surface area contributed by atoms with Gasteiger partial charge in [-0.05, 0) is 42.3 Å². The fourth-order valence-electron chi connectivity index (χ4n) is 3.43. The van der Waals surface area contributed by atoms with Gasteiger partial charge in [-0.25, -0.2) is 8.78 Å². The van der Waals surface area contributed by atoms with Gasteiger partial charge in [0.15, 0.2) is 5.78 Å². The van der Waals surface area contributed by atoms with Crippen molar-refractivity contribution < 1.29 is 18.3 Å². The molecule has 1 heterocycles. The highest BCUT2D eigenvalue weighted by molar-refractivity contribution is 5.95. The second kappa shape index (κ2) is 9.56. The lowest BCUT2D eigenvalue weighted by atomic mass is 10.1. The second-order valence-electron chi connectivity index (χ2n) is 7.52. The van der Waals surface area contributed by atoms with Crippen molar-refractivity contribution in [3.63, 3.8) is 0 Å². The van der Waals surface area contributed by atoms with Crippen LogP contribution in [-0.2, 0) is 19.6 Å².